The van der Waals surface area contributed by atoms with Gasteiger partial charge in [-0.15, -0.1) is 0 Å². The van der Waals surface area contributed by atoms with Gasteiger partial charge in [-0.3, -0.25) is 14.6 Å². The van der Waals surface area contributed by atoms with E-state index >= 15 is 0 Å². The first-order valence-electron chi connectivity index (χ1n) is 8.48. The molecule has 0 saturated heterocycles. The fourth-order valence-electron chi connectivity index (χ4n) is 2.57. The van der Waals surface area contributed by atoms with Crippen molar-refractivity contribution >= 4 is 17.5 Å². The number of anilines is 1. The zero-order chi connectivity index (χ0) is 20.1. The highest BCUT2D eigenvalue weighted by Crippen LogP contribution is 2.14. The largest absolute Gasteiger partial charge is 0.347 e. The minimum atomic E-state index is -1.07. The van der Waals surface area contributed by atoms with E-state index in [-0.39, 0.29) is 16.9 Å². The van der Waals surface area contributed by atoms with Crippen LogP contribution >= 0.6 is 0 Å². The number of benzene rings is 2. The van der Waals surface area contributed by atoms with Crippen molar-refractivity contribution in [1.29, 1.82) is 0 Å². The number of rotatable bonds is 5. The first-order chi connectivity index (χ1) is 13.4. The summed E-state index contributed by atoms with van der Waals surface area (Å²) in [6.07, 6.45) is 1.34. The second-order valence-electron chi connectivity index (χ2n) is 6.18. The lowest BCUT2D eigenvalue weighted by atomic mass is 10.1. The van der Waals surface area contributed by atoms with Gasteiger partial charge in [-0.25, -0.2) is 8.78 Å². The van der Waals surface area contributed by atoms with Gasteiger partial charge in [0.1, 0.15) is 5.69 Å². The summed E-state index contributed by atoms with van der Waals surface area (Å²) in [4.78, 5) is 28.6. The number of carbonyl (C=O) groups is 2. The number of hydrogen-bond donors (Lipinski definition) is 2. The van der Waals surface area contributed by atoms with Crippen LogP contribution < -0.4 is 10.6 Å². The lowest BCUT2D eigenvalue weighted by Crippen LogP contribution is -2.24. The molecule has 28 heavy (non-hydrogen) atoms. The van der Waals surface area contributed by atoms with Crippen LogP contribution in [-0.2, 0) is 6.54 Å². The standard InChI is InChI=1S/C21H17F2N3O2/c1-13-3-2-4-14(9-13)12-25-21(28)19-10-15(7-8-24-19)20(27)26-16-5-6-17(22)18(23)11-16/h2-11H,12H2,1H3,(H,25,28)(H,26,27). The van der Waals surface area contributed by atoms with Gasteiger partial charge in [0, 0.05) is 30.1 Å². The van der Waals surface area contributed by atoms with Crippen LogP contribution in [-0.4, -0.2) is 16.8 Å². The number of hydrogen-bond acceptors (Lipinski definition) is 3. The molecule has 1 aromatic heterocycles. The maximum absolute atomic E-state index is 13.3. The highest BCUT2D eigenvalue weighted by molar-refractivity contribution is 6.05. The van der Waals surface area contributed by atoms with Crippen molar-refractivity contribution in [3.05, 3.63) is 94.8 Å². The molecule has 0 spiro atoms. The molecule has 2 aromatic carbocycles. The van der Waals surface area contributed by atoms with Crippen LogP contribution in [0.25, 0.3) is 0 Å². The molecule has 5 nitrogen and oxygen atoms in total. The summed E-state index contributed by atoms with van der Waals surface area (Å²) >= 11 is 0. The zero-order valence-electron chi connectivity index (χ0n) is 15.0. The summed E-state index contributed by atoms with van der Waals surface area (Å²) in [5.41, 5.74) is 2.37. The molecule has 0 saturated carbocycles. The van der Waals surface area contributed by atoms with Crippen LogP contribution in [0.1, 0.15) is 32.0 Å². The molecule has 3 rings (SSSR count). The second-order valence-corrected chi connectivity index (χ2v) is 6.18. The number of aromatic nitrogens is 1. The summed E-state index contributed by atoms with van der Waals surface area (Å²) in [6, 6.07) is 13.5. The minimum Gasteiger partial charge on any atom is -0.347 e. The molecule has 0 unspecified atom stereocenters. The number of aryl methyl sites for hydroxylation is 1. The Balaban J connectivity index is 1.67. The molecule has 0 aliphatic carbocycles. The topological polar surface area (TPSA) is 71.1 Å². The van der Waals surface area contributed by atoms with Gasteiger partial charge in [0.15, 0.2) is 11.6 Å². The minimum absolute atomic E-state index is 0.0746. The number of amides is 2. The van der Waals surface area contributed by atoms with Crippen molar-refractivity contribution in [3.63, 3.8) is 0 Å². The maximum Gasteiger partial charge on any atom is 0.270 e. The van der Waals surface area contributed by atoms with Crippen molar-refractivity contribution < 1.29 is 18.4 Å². The molecule has 2 amide bonds. The van der Waals surface area contributed by atoms with E-state index < -0.39 is 23.4 Å². The molecule has 0 aliphatic rings. The van der Waals surface area contributed by atoms with Crippen LogP contribution in [0.3, 0.4) is 0 Å². The quantitative estimate of drug-likeness (QED) is 0.705. The predicted octanol–water partition coefficient (Wildman–Crippen LogP) is 3.85. The Morgan fingerprint density at radius 2 is 1.79 bits per heavy atom. The molecule has 0 bridgehead atoms. The van der Waals surface area contributed by atoms with Crippen molar-refractivity contribution in [2.75, 3.05) is 5.32 Å². The smallest absolute Gasteiger partial charge is 0.270 e. The zero-order valence-corrected chi connectivity index (χ0v) is 15.0. The van der Waals surface area contributed by atoms with E-state index in [1.165, 1.54) is 24.4 Å². The number of carbonyl (C=O) groups excluding carboxylic acids is 2. The average Bonchev–Trinajstić information content (AvgIpc) is 2.69. The van der Waals surface area contributed by atoms with Crippen LogP contribution in [0.15, 0.2) is 60.8 Å². The Labute approximate surface area is 160 Å². The molecule has 3 aromatic rings. The van der Waals surface area contributed by atoms with Crippen molar-refractivity contribution in [2.45, 2.75) is 13.5 Å². The first kappa shape index (κ1) is 19.2. The van der Waals surface area contributed by atoms with Gasteiger partial charge in [-0.05, 0) is 36.8 Å². The molecule has 142 valence electrons. The third kappa shape index (κ3) is 4.76. The van der Waals surface area contributed by atoms with Crippen molar-refractivity contribution in [1.82, 2.24) is 10.3 Å². The van der Waals surface area contributed by atoms with E-state index in [0.717, 1.165) is 23.3 Å². The van der Waals surface area contributed by atoms with E-state index in [1.807, 2.05) is 31.2 Å². The Hall–Kier alpha value is -3.61. The van der Waals surface area contributed by atoms with Gasteiger partial charge in [-0.1, -0.05) is 29.8 Å². The van der Waals surface area contributed by atoms with Gasteiger partial charge < -0.3 is 10.6 Å². The molecular formula is C21H17F2N3O2. The van der Waals surface area contributed by atoms with Gasteiger partial charge in [0.05, 0.1) is 0 Å². The Morgan fingerprint density at radius 1 is 0.964 bits per heavy atom. The van der Waals surface area contributed by atoms with Gasteiger partial charge >= 0.3 is 0 Å². The first-order valence-corrected chi connectivity index (χ1v) is 8.48. The molecule has 7 heteroatoms. The Kier molecular flexibility index (Phi) is 5.74. The number of nitrogens with zero attached hydrogens (tertiary/aromatic N) is 1. The van der Waals surface area contributed by atoms with Crippen LogP contribution in [0.2, 0.25) is 0 Å². The summed E-state index contributed by atoms with van der Waals surface area (Å²) in [6.45, 7) is 2.29. The van der Waals surface area contributed by atoms with E-state index in [9.17, 15) is 18.4 Å². The Morgan fingerprint density at radius 3 is 2.54 bits per heavy atom. The van der Waals surface area contributed by atoms with Gasteiger partial charge in [0.2, 0.25) is 0 Å². The normalized spacial score (nSPS) is 10.4. The van der Waals surface area contributed by atoms with Crippen molar-refractivity contribution in [2.24, 2.45) is 0 Å². The fraction of sp³-hybridized carbons (Fsp3) is 0.0952. The monoisotopic (exact) mass is 381 g/mol. The molecule has 0 aliphatic heterocycles. The lowest BCUT2D eigenvalue weighted by molar-refractivity contribution is 0.0946. The summed E-state index contributed by atoms with van der Waals surface area (Å²) in [5, 5.41) is 5.20. The summed E-state index contributed by atoms with van der Waals surface area (Å²) in [7, 11) is 0. The number of nitrogens with one attached hydrogen (secondary N) is 2. The average molecular weight is 381 g/mol. The van der Waals surface area contributed by atoms with Gasteiger partial charge in [-0.2, -0.15) is 0 Å². The Bertz CT molecular complexity index is 1040. The molecule has 0 atom stereocenters. The van der Waals surface area contributed by atoms with E-state index in [0.29, 0.717) is 6.54 Å². The summed E-state index contributed by atoms with van der Waals surface area (Å²) in [5.74, 6) is -3.07. The third-order valence-electron chi connectivity index (χ3n) is 3.97. The molecule has 1 heterocycles. The highest BCUT2D eigenvalue weighted by Gasteiger charge is 2.13. The van der Waals surface area contributed by atoms with E-state index in [2.05, 4.69) is 15.6 Å². The predicted molar refractivity (Wildman–Crippen MR) is 101 cm³/mol. The molecular weight excluding hydrogens is 364 g/mol. The highest BCUT2D eigenvalue weighted by atomic mass is 19.2. The number of pyridine rings is 1. The van der Waals surface area contributed by atoms with Crippen LogP contribution in [0.5, 0.6) is 0 Å². The van der Waals surface area contributed by atoms with E-state index in [1.54, 1.807) is 0 Å². The van der Waals surface area contributed by atoms with Crippen LogP contribution in [0.4, 0.5) is 14.5 Å². The molecule has 0 fully saturated rings. The molecule has 2 N–H and O–H groups in total. The fourth-order valence-corrected chi connectivity index (χ4v) is 2.57. The maximum atomic E-state index is 13.3. The van der Waals surface area contributed by atoms with Crippen molar-refractivity contribution in [3.8, 4) is 0 Å². The third-order valence-corrected chi connectivity index (χ3v) is 3.97. The lowest BCUT2D eigenvalue weighted by Gasteiger charge is -2.08. The second kappa shape index (κ2) is 8.39. The van der Waals surface area contributed by atoms with Crippen LogP contribution in [0, 0.1) is 18.6 Å². The van der Waals surface area contributed by atoms with Gasteiger partial charge in [0.25, 0.3) is 11.8 Å². The summed E-state index contributed by atoms with van der Waals surface area (Å²) < 4.78 is 26.2. The number of halogens is 2. The SMILES string of the molecule is Cc1cccc(CNC(=O)c2cc(C(=O)Nc3ccc(F)c(F)c3)ccn2)c1. The molecule has 0 radical (unpaired) electrons. The van der Waals surface area contributed by atoms with E-state index in [4.69, 9.17) is 0 Å².